The predicted octanol–water partition coefficient (Wildman–Crippen LogP) is 24.3. The highest BCUT2D eigenvalue weighted by atomic mass is 31.2. The van der Waals surface area contributed by atoms with Gasteiger partial charge in [0.15, 0.2) is 0 Å². The molecule has 0 saturated heterocycles. The molecule has 0 aliphatic heterocycles. The number of amides is 1. The molecule has 0 spiro atoms. The van der Waals surface area contributed by atoms with E-state index in [1.807, 2.05) is 27.2 Å². The van der Waals surface area contributed by atoms with Gasteiger partial charge in [0.2, 0.25) is 5.91 Å². The molecule has 8 nitrogen and oxygen atoms in total. The molecule has 0 radical (unpaired) electrons. The first-order valence-corrected chi connectivity index (χ1v) is 39.0. The predicted molar refractivity (Wildman–Crippen MR) is 383 cm³/mol. The highest BCUT2D eigenvalue weighted by Crippen LogP contribution is 2.43. The number of aliphatic hydroxyl groups is 1. The van der Waals surface area contributed by atoms with Crippen molar-refractivity contribution >= 4 is 13.7 Å². The first kappa shape index (κ1) is 84.7. The van der Waals surface area contributed by atoms with Gasteiger partial charge >= 0.3 is 7.82 Å². The average molecular weight is 1240 g/mol. The largest absolute Gasteiger partial charge is 0.472 e. The molecule has 0 aliphatic rings. The van der Waals surface area contributed by atoms with Crippen LogP contribution in [0.15, 0.2) is 85.1 Å². The monoisotopic (exact) mass is 1240 g/mol. The molecule has 0 aromatic rings. The number of allylic oxidation sites excluding steroid dienone is 13. The van der Waals surface area contributed by atoms with Crippen LogP contribution in [0.25, 0.3) is 0 Å². The van der Waals surface area contributed by atoms with Gasteiger partial charge in [-0.2, -0.15) is 0 Å². The Kier molecular flexibility index (Phi) is 66.2. The highest BCUT2D eigenvalue weighted by molar-refractivity contribution is 7.47. The highest BCUT2D eigenvalue weighted by Gasteiger charge is 2.28. The third-order valence-corrected chi connectivity index (χ3v) is 17.8. The van der Waals surface area contributed by atoms with E-state index in [9.17, 15) is 19.4 Å². The Bertz CT molecular complexity index is 1700. The van der Waals surface area contributed by atoms with Crippen LogP contribution in [0, 0.1) is 0 Å². The van der Waals surface area contributed by atoms with Crippen molar-refractivity contribution in [1.82, 2.24) is 5.32 Å². The Hall–Kier alpha value is -2.32. The molecule has 3 unspecified atom stereocenters. The molecule has 0 heterocycles. The number of carbonyl (C=O) groups is 1. The Morgan fingerprint density at radius 3 is 1.06 bits per heavy atom. The standard InChI is InChI=1S/C78H145N2O6P/c1-6-8-10-12-14-16-18-20-22-24-26-28-30-32-33-34-35-36-37-38-39-40-41-42-43-44-45-46-47-48-50-52-54-56-58-60-62-64-66-68-70-72-78(82)79-76(75-86-87(83,84)85-74-73-80(3,4)5)77(81)71-69-67-65-63-61-59-57-55-53-51-49-31-29-27-25-23-21-19-17-15-13-11-9-7-2/h8,10,14,16,20,22,26,28,53,55,61,63,69,71,76-77,81H,6-7,9,11-13,15,17-19,21,23-25,27,29-52,54,56-60,62,64-68,70,72-75H2,1-5H3,(H-,79,82,83,84)/p+1/b10-8-,16-14-,22-20-,28-26-,55-53+,63-61+,71-69+. The van der Waals surface area contributed by atoms with Gasteiger partial charge in [0.25, 0.3) is 0 Å². The molecule has 0 aromatic carbocycles. The van der Waals surface area contributed by atoms with Crippen LogP contribution in [0.4, 0.5) is 0 Å². The molecule has 0 aromatic heterocycles. The van der Waals surface area contributed by atoms with Crippen LogP contribution in [-0.2, 0) is 18.4 Å². The van der Waals surface area contributed by atoms with E-state index >= 15 is 0 Å². The van der Waals surface area contributed by atoms with Gasteiger partial charge in [0.1, 0.15) is 13.2 Å². The number of rotatable bonds is 69. The third-order valence-electron chi connectivity index (χ3n) is 16.8. The van der Waals surface area contributed by atoms with Gasteiger partial charge in [0, 0.05) is 6.42 Å². The van der Waals surface area contributed by atoms with E-state index < -0.39 is 20.0 Å². The van der Waals surface area contributed by atoms with Gasteiger partial charge in [-0.1, -0.05) is 349 Å². The molecule has 0 rings (SSSR count). The number of hydrogen-bond acceptors (Lipinski definition) is 5. The van der Waals surface area contributed by atoms with Crippen molar-refractivity contribution in [3.05, 3.63) is 85.1 Å². The molecule has 0 bridgehead atoms. The normalized spacial score (nSPS) is 14.1. The summed E-state index contributed by atoms with van der Waals surface area (Å²) < 4.78 is 23.8. The maximum absolute atomic E-state index is 13.1. The molecule has 9 heteroatoms. The molecule has 3 N–H and O–H groups in total. The molecule has 87 heavy (non-hydrogen) atoms. The van der Waals surface area contributed by atoms with Crippen molar-refractivity contribution in [3.8, 4) is 0 Å². The molecule has 1 amide bonds. The summed E-state index contributed by atoms with van der Waals surface area (Å²) in [4.78, 5) is 23.4. The lowest BCUT2D eigenvalue weighted by Gasteiger charge is -2.25. The van der Waals surface area contributed by atoms with E-state index in [4.69, 9.17) is 9.05 Å². The van der Waals surface area contributed by atoms with Gasteiger partial charge in [-0.15, -0.1) is 0 Å². The number of phosphoric ester groups is 1. The number of quaternary nitrogens is 1. The van der Waals surface area contributed by atoms with Crippen LogP contribution in [0.2, 0.25) is 0 Å². The van der Waals surface area contributed by atoms with Crippen molar-refractivity contribution in [1.29, 1.82) is 0 Å². The number of aliphatic hydroxyl groups excluding tert-OH is 1. The lowest BCUT2D eigenvalue weighted by atomic mass is 10.0. The topological polar surface area (TPSA) is 105 Å². The Morgan fingerprint density at radius 1 is 0.402 bits per heavy atom. The second-order valence-corrected chi connectivity index (χ2v) is 28.1. The SMILES string of the molecule is CC/C=C\C/C=C\C/C=C\C/C=C\CCCCCCCCCCCCCCCCCCCCCCCCCCCCCCC(=O)NC(COP(=O)(O)OCC[N+](C)(C)C)C(O)/C=C/CC/C=C/CC/C=C/CCCCCCCCCCCCCCCC. The summed E-state index contributed by atoms with van der Waals surface area (Å²) in [5.74, 6) is -0.185. The maximum Gasteiger partial charge on any atom is 0.472 e. The van der Waals surface area contributed by atoms with E-state index in [1.165, 1.54) is 263 Å². The van der Waals surface area contributed by atoms with Crippen LogP contribution >= 0.6 is 7.82 Å². The van der Waals surface area contributed by atoms with E-state index in [1.54, 1.807) is 6.08 Å². The smallest absolute Gasteiger partial charge is 0.387 e. The number of hydrogen-bond donors (Lipinski definition) is 3. The summed E-state index contributed by atoms with van der Waals surface area (Å²) in [6, 6.07) is -0.872. The van der Waals surface area contributed by atoms with Gasteiger partial charge in [0.05, 0.1) is 39.9 Å². The zero-order valence-corrected chi connectivity index (χ0v) is 59.2. The summed E-state index contributed by atoms with van der Waals surface area (Å²) >= 11 is 0. The number of unbranched alkanes of at least 4 members (excludes halogenated alkanes) is 44. The zero-order valence-electron chi connectivity index (χ0n) is 58.3. The second-order valence-electron chi connectivity index (χ2n) is 26.6. The number of carbonyl (C=O) groups excluding carboxylic acids is 1. The number of nitrogens with one attached hydrogen (secondary N) is 1. The Balaban J connectivity index is 3.97. The van der Waals surface area contributed by atoms with Crippen molar-refractivity contribution < 1.29 is 32.9 Å². The quantitative estimate of drug-likeness (QED) is 0.0243. The number of nitrogens with zero attached hydrogens (tertiary/aromatic N) is 1. The molecule has 0 aliphatic carbocycles. The van der Waals surface area contributed by atoms with E-state index in [-0.39, 0.29) is 19.1 Å². The van der Waals surface area contributed by atoms with Crippen molar-refractivity contribution in [2.75, 3.05) is 40.9 Å². The molecule has 0 saturated carbocycles. The van der Waals surface area contributed by atoms with Gasteiger partial charge < -0.3 is 19.8 Å². The Labute approximate surface area is 541 Å². The van der Waals surface area contributed by atoms with Gasteiger partial charge in [-0.25, -0.2) is 4.57 Å². The zero-order chi connectivity index (χ0) is 63.4. The molecular weight excluding hydrogens is 1090 g/mol. The summed E-state index contributed by atoms with van der Waals surface area (Å²) in [5.41, 5.74) is 0. The van der Waals surface area contributed by atoms with E-state index in [2.05, 4.69) is 92.1 Å². The number of phosphoric acid groups is 1. The summed E-state index contributed by atoms with van der Waals surface area (Å²) in [6.45, 7) is 4.71. The van der Waals surface area contributed by atoms with Gasteiger partial charge in [-0.3, -0.25) is 13.8 Å². The van der Waals surface area contributed by atoms with Crippen molar-refractivity contribution in [3.63, 3.8) is 0 Å². The first-order valence-electron chi connectivity index (χ1n) is 37.5. The van der Waals surface area contributed by atoms with Crippen LogP contribution in [0.5, 0.6) is 0 Å². The summed E-state index contributed by atoms with van der Waals surface area (Å²) in [7, 11) is 1.56. The molecule has 3 atom stereocenters. The van der Waals surface area contributed by atoms with Crippen LogP contribution in [0.3, 0.4) is 0 Å². The number of likely N-dealkylation sites (N-methyl/N-ethyl adjacent to an activating group) is 1. The maximum atomic E-state index is 13.1. The van der Waals surface area contributed by atoms with Crippen LogP contribution < -0.4 is 5.32 Å². The average Bonchev–Trinajstić information content (AvgIpc) is 3.71. The van der Waals surface area contributed by atoms with Crippen LogP contribution in [-0.4, -0.2) is 73.4 Å². The van der Waals surface area contributed by atoms with E-state index in [0.717, 1.165) is 70.6 Å². The fourth-order valence-electron chi connectivity index (χ4n) is 11.1. The van der Waals surface area contributed by atoms with E-state index in [0.29, 0.717) is 17.4 Å². The minimum absolute atomic E-state index is 0.0534. The fraction of sp³-hybridized carbons (Fsp3) is 0.808. The fourth-order valence-corrected chi connectivity index (χ4v) is 11.8. The molecule has 508 valence electrons. The van der Waals surface area contributed by atoms with Gasteiger partial charge in [-0.05, 0) is 83.5 Å². The van der Waals surface area contributed by atoms with Crippen molar-refractivity contribution in [2.24, 2.45) is 0 Å². The second kappa shape index (κ2) is 68.1. The third kappa shape index (κ3) is 71.0. The lowest BCUT2D eigenvalue weighted by Crippen LogP contribution is -2.45. The summed E-state index contributed by atoms with van der Waals surface area (Å²) in [6.07, 6.45) is 97.7. The molecular formula is C78H146N2O6P+. The lowest BCUT2D eigenvalue weighted by molar-refractivity contribution is -0.870. The van der Waals surface area contributed by atoms with Crippen LogP contribution in [0.1, 0.15) is 354 Å². The summed E-state index contributed by atoms with van der Waals surface area (Å²) in [5, 5.41) is 14.0. The minimum Gasteiger partial charge on any atom is -0.387 e. The minimum atomic E-state index is -4.37. The molecule has 0 fully saturated rings. The first-order chi connectivity index (χ1) is 42.5. The Morgan fingerprint density at radius 2 is 0.701 bits per heavy atom. The van der Waals surface area contributed by atoms with Crippen molar-refractivity contribution in [2.45, 2.75) is 366 Å².